The van der Waals surface area contributed by atoms with Crippen LogP contribution in [0.1, 0.15) is 96.2 Å². The van der Waals surface area contributed by atoms with Gasteiger partial charge in [0.2, 0.25) is 11.9 Å². The number of allylic oxidation sites excluding steroid dienone is 2. The van der Waals surface area contributed by atoms with Crippen molar-refractivity contribution in [2.45, 2.75) is 71.1 Å². The zero-order chi connectivity index (χ0) is 39.2. The predicted molar refractivity (Wildman–Crippen MR) is 231 cm³/mol. The smallest absolute Gasteiger partial charge is 0.239 e. The van der Waals surface area contributed by atoms with Crippen molar-refractivity contribution in [2.24, 2.45) is 20.0 Å². The Kier molecular flexibility index (Phi) is 9.33. The molecule has 0 atom stereocenters. The molecule has 1 aliphatic carbocycles. The van der Waals surface area contributed by atoms with Crippen molar-refractivity contribution < 1.29 is 8.83 Å². The minimum absolute atomic E-state index is 0.310. The fraction of sp³-hybridized carbons (Fsp3) is 0.289. The summed E-state index contributed by atoms with van der Waals surface area (Å²) in [6, 6.07) is 23.1. The lowest BCUT2D eigenvalue weighted by Gasteiger charge is -2.33. The summed E-state index contributed by atoms with van der Waals surface area (Å²) in [5, 5.41) is 19.0. The van der Waals surface area contributed by atoms with Crippen LogP contribution in [0.25, 0.3) is 5.70 Å². The molecule has 5 aromatic rings. The van der Waals surface area contributed by atoms with Crippen molar-refractivity contribution in [3.63, 3.8) is 0 Å². The molecular formula is C45H42N10O2S. The van der Waals surface area contributed by atoms with Gasteiger partial charge in [-0.1, -0.05) is 31.4 Å². The number of nitriles is 1. The number of amidine groups is 1. The molecule has 2 aromatic carbocycles. The lowest BCUT2D eigenvalue weighted by molar-refractivity contribution is 0.443. The van der Waals surface area contributed by atoms with Crippen LogP contribution in [0.3, 0.4) is 0 Å². The number of aromatic nitrogens is 1. The summed E-state index contributed by atoms with van der Waals surface area (Å²) < 4.78 is 12.0. The van der Waals surface area contributed by atoms with Crippen LogP contribution in [0.4, 0.5) is 28.8 Å². The third-order valence-electron chi connectivity index (χ3n) is 11.3. The standard InChI is InChI=1S/C45H42N10O2S/c1-27-11-17-40(56-27)48-36-21-30(29-9-5-3-6-10-29)13-15-34(36)38-23-33-24-39(51-45-53-42(52-44(50-38)55(33)45)43-47-31(25-46)26-58-43)35-16-14-32(54-19-7-4-8-20-54)22-37(35)49-41-18-12-28(2)57-41/h11-18,21-24,26,29,48-49H,3-10,19-20H2,1-2H3. The zero-order valence-corrected chi connectivity index (χ0v) is 33.3. The van der Waals surface area contributed by atoms with Crippen molar-refractivity contribution in [1.82, 2.24) is 9.88 Å². The SMILES string of the molecule is Cc1ccc(Nc2cc(C3CCCCC3)ccc2C2=CC3=CC(c4ccc(N5CCCCC5)cc4Nc4ccc(C)o4)=NC4=NC(c5nc(C#N)cs5)=NC(=N2)N34)o1. The van der Waals surface area contributed by atoms with E-state index < -0.39 is 0 Å². The van der Waals surface area contributed by atoms with Crippen molar-refractivity contribution in [1.29, 1.82) is 5.26 Å². The number of hydrogen-bond donors (Lipinski definition) is 2. The Morgan fingerprint density at radius 1 is 0.741 bits per heavy atom. The molecule has 0 spiro atoms. The molecule has 0 bridgehead atoms. The van der Waals surface area contributed by atoms with Crippen molar-refractivity contribution in [3.05, 3.63) is 123 Å². The summed E-state index contributed by atoms with van der Waals surface area (Å²) in [5.41, 5.74) is 8.62. The highest BCUT2D eigenvalue weighted by Gasteiger charge is 2.35. The van der Waals surface area contributed by atoms with Crippen LogP contribution >= 0.6 is 11.3 Å². The minimum Gasteiger partial charge on any atom is -0.446 e. The number of piperidine rings is 1. The molecule has 2 fully saturated rings. The van der Waals surface area contributed by atoms with Gasteiger partial charge in [0.25, 0.3) is 0 Å². The van der Waals surface area contributed by atoms with E-state index >= 15 is 0 Å². The lowest BCUT2D eigenvalue weighted by Crippen LogP contribution is -2.42. The Hall–Kier alpha value is -6.52. The summed E-state index contributed by atoms with van der Waals surface area (Å²) in [5.74, 6) is 4.67. The highest BCUT2D eigenvalue weighted by Crippen LogP contribution is 2.40. The van der Waals surface area contributed by atoms with Crippen molar-refractivity contribution >= 4 is 69.3 Å². The molecule has 3 aromatic heterocycles. The van der Waals surface area contributed by atoms with Crippen LogP contribution in [0.5, 0.6) is 0 Å². The zero-order valence-electron chi connectivity index (χ0n) is 32.5. The summed E-state index contributed by atoms with van der Waals surface area (Å²) >= 11 is 1.32. The van der Waals surface area contributed by atoms with Crippen LogP contribution in [-0.4, -0.2) is 46.4 Å². The maximum absolute atomic E-state index is 9.59. The van der Waals surface area contributed by atoms with Gasteiger partial charge >= 0.3 is 0 Å². The molecule has 58 heavy (non-hydrogen) atoms. The van der Waals surface area contributed by atoms with Crippen molar-refractivity contribution in [3.8, 4) is 6.07 Å². The second-order valence-corrected chi connectivity index (χ2v) is 16.2. The third-order valence-corrected chi connectivity index (χ3v) is 12.1. The minimum atomic E-state index is 0.310. The Labute approximate surface area is 340 Å². The van der Waals surface area contributed by atoms with E-state index in [2.05, 4.69) is 75.1 Å². The van der Waals surface area contributed by atoms with Crippen molar-refractivity contribution in [2.75, 3.05) is 28.6 Å². The van der Waals surface area contributed by atoms with Crippen LogP contribution in [0.15, 0.2) is 113 Å². The first-order valence-electron chi connectivity index (χ1n) is 20.1. The van der Waals surface area contributed by atoms with Crippen LogP contribution < -0.4 is 15.5 Å². The first kappa shape index (κ1) is 35.9. The summed E-state index contributed by atoms with van der Waals surface area (Å²) in [6.07, 6.45) is 13.9. The molecule has 0 radical (unpaired) electrons. The Morgan fingerprint density at radius 3 is 2.16 bits per heavy atom. The Morgan fingerprint density at radius 2 is 1.45 bits per heavy atom. The summed E-state index contributed by atoms with van der Waals surface area (Å²) in [7, 11) is 0. The normalized spacial score (nSPS) is 17.9. The molecule has 2 N–H and O–H groups in total. The van der Waals surface area contributed by atoms with Gasteiger partial charge in [-0.25, -0.2) is 19.9 Å². The molecular weight excluding hydrogens is 745 g/mol. The predicted octanol–water partition coefficient (Wildman–Crippen LogP) is 10.6. The highest BCUT2D eigenvalue weighted by atomic mass is 32.1. The van der Waals surface area contributed by atoms with Gasteiger partial charge in [0.1, 0.15) is 17.6 Å². The molecule has 7 heterocycles. The summed E-state index contributed by atoms with van der Waals surface area (Å²) in [4.78, 5) is 29.1. The van der Waals surface area contributed by atoms with E-state index in [9.17, 15) is 5.26 Å². The fourth-order valence-electron chi connectivity index (χ4n) is 8.37. The quantitative estimate of drug-likeness (QED) is 0.150. The molecule has 1 saturated carbocycles. The Balaban J connectivity index is 1.11. The van der Waals surface area contributed by atoms with E-state index in [4.69, 9.17) is 28.8 Å². The van der Waals surface area contributed by atoms with Gasteiger partial charge in [0.05, 0.1) is 28.5 Å². The second-order valence-electron chi connectivity index (χ2n) is 15.3. The number of guanidine groups is 2. The first-order chi connectivity index (χ1) is 28.4. The molecule has 10 rings (SSSR count). The van der Waals surface area contributed by atoms with Gasteiger partial charge in [0.15, 0.2) is 28.3 Å². The molecule has 0 unspecified atom stereocenters. The highest BCUT2D eigenvalue weighted by molar-refractivity contribution is 7.12. The number of nitrogens with one attached hydrogen (secondary N) is 2. The van der Waals surface area contributed by atoms with E-state index in [1.54, 1.807) is 5.38 Å². The molecule has 290 valence electrons. The topological polar surface area (TPSA) is 143 Å². The Bertz CT molecular complexity index is 2540. The van der Waals surface area contributed by atoms with Gasteiger partial charge < -0.3 is 24.4 Å². The maximum atomic E-state index is 9.59. The first-order valence-corrected chi connectivity index (χ1v) is 21.0. The van der Waals surface area contributed by atoms with Crippen LogP contribution in [-0.2, 0) is 0 Å². The molecule has 13 heteroatoms. The fourth-order valence-corrected chi connectivity index (χ4v) is 9.05. The number of anilines is 5. The monoisotopic (exact) mass is 786 g/mol. The van der Waals surface area contributed by atoms with Gasteiger partial charge in [-0.3, -0.25) is 0 Å². The van der Waals surface area contributed by atoms with E-state index in [-0.39, 0.29) is 0 Å². The number of benzene rings is 2. The number of aryl methyl sites for hydroxylation is 2. The molecule has 0 amide bonds. The number of aliphatic imine (C=N–C) groups is 4. The lowest BCUT2D eigenvalue weighted by atomic mass is 9.83. The number of rotatable bonds is 9. The maximum Gasteiger partial charge on any atom is 0.239 e. The van der Waals surface area contributed by atoms with E-state index in [1.807, 2.05) is 43.0 Å². The molecule has 4 aliphatic heterocycles. The van der Waals surface area contributed by atoms with Gasteiger partial charge in [-0.2, -0.15) is 15.2 Å². The molecule has 5 aliphatic rings. The van der Waals surface area contributed by atoms with E-state index in [0.29, 0.717) is 51.9 Å². The number of furan rings is 2. The molecule has 1 saturated heterocycles. The van der Waals surface area contributed by atoms with Gasteiger partial charge in [0, 0.05) is 47.4 Å². The third kappa shape index (κ3) is 7.05. The number of nitrogens with zero attached hydrogens (tertiary/aromatic N) is 8. The average molecular weight is 787 g/mol. The van der Waals surface area contributed by atoms with E-state index in [0.717, 1.165) is 64.2 Å². The van der Waals surface area contributed by atoms with Gasteiger partial charge in [-0.05, 0) is 106 Å². The second kappa shape index (κ2) is 15.1. The molecule has 12 nitrogen and oxygen atoms in total. The van der Waals surface area contributed by atoms with Gasteiger partial charge in [-0.15, -0.1) is 11.3 Å². The van der Waals surface area contributed by atoms with Crippen LogP contribution in [0.2, 0.25) is 0 Å². The number of thiazole rings is 1. The average Bonchev–Trinajstić information content (AvgIpc) is 4.02. The number of hydrogen-bond acceptors (Lipinski definition) is 13. The van der Waals surface area contributed by atoms with Crippen LogP contribution in [0, 0.1) is 25.2 Å². The largest absolute Gasteiger partial charge is 0.446 e. The van der Waals surface area contributed by atoms with E-state index in [1.165, 1.54) is 68.3 Å². The summed E-state index contributed by atoms with van der Waals surface area (Å²) in [6.45, 7) is 5.93.